The van der Waals surface area contributed by atoms with Crippen LogP contribution in [0.2, 0.25) is 5.15 Å². The molecule has 6 rings (SSSR count). The molecule has 4 aliphatic rings. The SMILES string of the molecule is COc1ccc2c(O[C@@H]3C[C@H]4C(=O)N[C@]5(C(=O)NS(=O)(=O)C6(CF)CC6)C[C@H]5/C=C/CC[C@@H](C)C[C@@H](C)[C@H](NC(=O)OC(C)(C)C(F)(F)F)C(=O)N4C3)cc(Cl)nc2c1. The number of carbonyl (C=O) groups is 4. The van der Waals surface area contributed by atoms with Crippen molar-refractivity contribution in [3.63, 3.8) is 0 Å². The molecular formula is C39H48ClF4N5O9S. The largest absolute Gasteiger partial charge is 0.497 e. The van der Waals surface area contributed by atoms with Crippen molar-refractivity contribution in [1.29, 1.82) is 0 Å². The third-order valence-corrected chi connectivity index (χ3v) is 14.1. The van der Waals surface area contributed by atoms with E-state index in [9.17, 15) is 45.2 Å². The van der Waals surface area contributed by atoms with Crippen LogP contribution in [-0.2, 0) is 29.1 Å². The maximum atomic E-state index is 14.8. The Balaban J connectivity index is 1.36. The molecule has 2 saturated carbocycles. The summed E-state index contributed by atoms with van der Waals surface area (Å²) < 4.78 is 98.2. The van der Waals surface area contributed by atoms with Gasteiger partial charge < -0.3 is 29.7 Å². The van der Waals surface area contributed by atoms with Crippen LogP contribution in [0.3, 0.4) is 0 Å². The van der Waals surface area contributed by atoms with Crippen molar-refractivity contribution in [2.24, 2.45) is 17.8 Å². The highest BCUT2D eigenvalue weighted by Gasteiger charge is 2.64. The lowest BCUT2D eigenvalue weighted by atomic mass is 9.88. The molecule has 59 heavy (non-hydrogen) atoms. The Labute approximate surface area is 344 Å². The average molecular weight is 874 g/mol. The highest BCUT2D eigenvalue weighted by Crippen LogP contribution is 2.48. The van der Waals surface area contributed by atoms with E-state index < -0.39 is 92.6 Å². The molecule has 3 heterocycles. The predicted molar refractivity (Wildman–Crippen MR) is 207 cm³/mol. The van der Waals surface area contributed by atoms with E-state index in [1.54, 1.807) is 37.3 Å². The smallest absolute Gasteiger partial charge is 0.427 e. The van der Waals surface area contributed by atoms with E-state index in [1.807, 2.05) is 11.6 Å². The number of alkyl halides is 4. The van der Waals surface area contributed by atoms with Gasteiger partial charge in [-0.1, -0.05) is 37.6 Å². The number of rotatable bonds is 9. The first-order valence-corrected chi connectivity index (χ1v) is 21.2. The first-order chi connectivity index (χ1) is 27.5. The van der Waals surface area contributed by atoms with E-state index in [4.69, 9.17) is 25.8 Å². The summed E-state index contributed by atoms with van der Waals surface area (Å²) in [6.07, 6.45) is -2.62. The second-order valence-electron chi connectivity index (χ2n) is 16.7. The van der Waals surface area contributed by atoms with Crippen LogP contribution < -0.4 is 24.8 Å². The number of methoxy groups -OCH3 is 1. The second-order valence-corrected chi connectivity index (χ2v) is 19.1. The average Bonchev–Trinajstić information content (AvgIpc) is 4.05. The summed E-state index contributed by atoms with van der Waals surface area (Å²) in [5, 5.41) is 5.63. The number of fused-ring (bicyclic) bond motifs is 3. The number of allylic oxidation sites excluding steroid dienone is 1. The zero-order chi connectivity index (χ0) is 43.3. The van der Waals surface area contributed by atoms with Crippen LogP contribution in [0.25, 0.3) is 10.9 Å². The number of pyridine rings is 1. The van der Waals surface area contributed by atoms with E-state index in [0.717, 1.165) is 4.90 Å². The van der Waals surface area contributed by atoms with Gasteiger partial charge in [-0.3, -0.25) is 19.1 Å². The van der Waals surface area contributed by atoms with Crippen LogP contribution in [0.4, 0.5) is 22.4 Å². The molecule has 3 N–H and O–H groups in total. The molecule has 4 amide bonds. The van der Waals surface area contributed by atoms with Gasteiger partial charge in [0.2, 0.25) is 27.4 Å². The first kappa shape index (κ1) is 44.2. The molecule has 20 heteroatoms. The minimum atomic E-state index is -4.94. The Hall–Kier alpha value is -4.39. The van der Waals surface area contributed by atoms with Crippen molar-refractivity contribution < 1.29 is 59.4 Å². The number of benzene rings is 1. The zero-order valence-electron chi connectivity index (χ0n) is 33.2. The molecule has 324 valence electrons. The van der Waals surface area contributed by atoms with Crippen LogP contribution >= 0.6 is 11.6 Å². The van der Waals surface area contributed by atoms with E-state index in [0.29, 0.717) is 49.8 Å². The summed E-state index contributed by atoms with van der Waals surface area (Å²) >= 11 is 6.35. The number of ether oxygens (including phenoxy) is 3. The second kappa shape index (κ2) is 16.2. The molecule has 0 bridgehead atoms. The molecule has 1 aromatic heterocycles. The van der Waals surface area contributed by atoms with Gasteiger partial charge >= 0.3 is 12.3 Å². The number of carbonyl (C=O) groups excluding carboxylic acids is 4. The lowest BCUT2D eigenvalue weighted by Gasteiger charge is -2.34. The Morgan fingerprint density at radius 2 is 1.83 bits per heavy atom. The molecule has 2 aliphatic carbocycles. The van der Waals surface area contributed by atoms with Crippen LogP contribution in [-0.4, -0.2) is 103 Å². The molecular weight excluding hydrogens is 826 g/mol. The molecule has 1 aromatic carbocycles. The highest BCUT2D eigenvalue weighted by atomic mass is 35.5. The molecule has 0 spiro atoms. The molecule has 0 radical (unpaired) electrons. The minimum Gasteiger partial charge on any atom is -0.497 e. The summed E-state index contributed by atoms with van der Waals surface area (Å²) in [6, 6.07) is 3.55. The molecule has 2 aromatic rings. The van der Waals surface area contributed by atoms with E-state index in [1.165, 1.54) is 13.2 Å². The number of hydrogen-bond donors (Lipinski definition) is 3. The lowest BCUT2D eigenvalue weighted by Crippen LogP contribution is -2.60. The van der Waals surface area contributed by atoms with Crippen molar-refractivity contribution in [2.45, 2.75) is 113 Å². The molecule has 14 nitrogen and oxygen atoms in total. The van der Waals surface area contributed by atoms with Gasteiger partial charge in [-0.25, -0.2) is 22.6 Å². The lowest BCUT2D eigenvalue weighted by molar-refractivity contribution is -0.244. The van der Waals surface area contributed by atoms with E-state index >= 15 is 0 Å². The van der Waals surface area contributed by atoms with Gasteiger partial charge in [-0.05, 0) is 76.3 Å². The van der Waals surface area contributed by atoms with E-state index in [2.05, 4.69) is 15.6 Å². The van der Waals surface area contributed by atoms with Crippen molar-refractivity contribution in [1.82, 2.24) is 25.2 Å². The van der Waals surface area contributed by atoms with E-state index in [-0.39, 0.29) is 49.0 Å². The fourth-order valence-corrected chi connectivity index (χ4v) is 9.36. The van der Waals surface area contributed by atoms with Gasteiger partial charge in [0.25, 0.3) is 5.91 Å². The van der Waals surface area contributed by atoms with Crippen LogP contribution in [0.1, 0.15) is 72.6 Å². The number of sulfonamides is 1. The van der Waals surface area contributed by atoms with Crippen LogP contribution in [0.5, 0.6) is 11.5 Å². The van der Waals surface area contributed by atoms with Crippen LogP contribution in [0, 0.1) is 17.8 Å². The number of aromatic nitrogens is 1. The Bertz CT molecular complexity index is 2140. The number of nitrogens with one attached hydrogen (secondary N) is 3. The van der Waals surface area contributed by atoms with Crippen LogP contribution in [0.15, 0.2) is 36.4 Å². The summed E-state index contributed by atoms with van der Waals surface area (Å²) in [4.78, 5) is 61.7. The maximum absolute atomic E-state index is 14.8. The van der Waals surface area contributed by atoms with Gasteiger partial charge in [0.15, 0.2) is 0 Å². The number of hydrogen-bond acceptors (Lipinski definition) is 10. The van der Waals surface area contributed by atoms with Crippen molar-refractivity contribution in [3.8, 4) is 11.5 Å². The Morgan fingerprint density at radius 1 is 1.12 bits per heavy atom. The fraction of sp³-hybridized carbons (Fsp3) is 0.615. The van der Waals surface area contributed by atoms with Gasteiger partial charge in [0.1, 0.15) is 51.8 Å². The quantitative estimate of drug-likeness (QED) is 0.165. The number of halogens is 5. The standard InChI is InChI=1S/C39H48ClF4N5O9S/c1-21-8-6-7-9-23-18-38(23,34(52)48-59(54,55)37(20-41)12-13-37)47-32(50)28-16-25(57-29-17-30(40)45-27-15-24(56-5)10-11-26(27)29)19-49(28)33(51)31(22(2)14-21)46-35(53)58-36(3,4)39(42,43)44/h7,9-11,15,17,21-23,25,28,31H,6,8,12-14,16,18-20H2,1-5H3,(H,46,53)(H,47,50)(H,48,52)/b9-7+/t21-,22-,23-,25-,28+,31+,38-/m1/s1. The summed E-state index contributed by atoms with van der Waals surface area (Å²) in [6.45, 7) is 3.43. The normalized spacial score (nSPS) is 29.2. The number of amides is 4. The molecule has 3 fully saturated rings. The van der Waals surface area contributed by atoms with Crippen molar-refractivity contribution >= 4 is 56.3 Å². The third-order valence-electron chi connectivity index (χ3n) is 11.8. The maximum Gasteiger partial charge on any atom is 0.427 e. The van der Waals surface area contributed by atoms with Gasteiger partial charge in [0, 0.05) is 29.9 Å². The number of nitrogens with zero attached hydrogens (tertiary/aromatic N) is 2. The molecule has 1 saturated heterocycles. The predicted octanol–water partition coefficient (Wildman–Crippen LogP) is 5.52. The summed E-state index contributed by atoms with van der Waals surface area (Å²) in [5.41, 5.74) is -4.28. The first-order valence-electron chi connectivity index (χ1n) is 19.3. The monoisotopic (exact) mass is 873 g/mol. The van der Waals surface area contributed by atoms with Crippen molar-refractivity contribution in [2.75, 3.05) is 20.3 Å². The van der Waals surface area contributed by atoms with Gasteiger partial charge in [0.05, 0.1) is 19.2 Å². The summed E-state index contributed by atoms with van der Waals surface area (Å²) in [5.74, 6) is -3.44. The Morgan fingerprint density at radius 3 is 2.47 bits per heavy atom. The van der Waals surface area contributed by atoms with Crippen molar-refractivity contribution in [3.05, 3.63) is 41.6 Å². The minimum absolute atomic E-state index is 0.00236. The van der Waals surface area contributed by atoms with Gasteiger partial charge in [-0.15, -0.1) is 0 Å². The Kier molecular flexibility index (Phi) is 12.2. The van der Waals surface area contributed by atoms with Gasteiger partial charge in [-0.2, -0.15) is 13.2 Å². The summed E-state index contributed by atoms with van der Waals surface area (Å²) in [7, 11) is -3.00. The molecule has 7 atom stereocenters. The topological polar surface area (TPSA) is 182 Å². The molecule has 0 unspecified atom stereocenters. The third kappa shape index (κ3) is 9.05. The fourth-order valence-electron chi connectivity index (χ4n) is 7.75. The number of alkyl carbamates (subject to hydrolysis) is 1. The zero-order valence-corrected chi connectivity index (χ0v) is 34.7. The highest BCUT2D eigenvalue weighted by molar-refractivity contribution is 7.91. The molecule has 2 aliphatic heterocycles.